The Hall–Kier alpha value is -4.19. The minimum absolute atomic E-state index is 0.1000. The fourth-order valence-electron chi connectivity index (χ4n) is 9.69. The van der Waals surface area contributed by atoms with Crippen molar-refractivity contribution in [1.82, 2.24) is 0 Å². The van der Waals surface area contributed by atoms with Gasteiger partial charge in [-0.1, -0.05) is 303 Å². The summed E-state index contributed by atoms with van der Waals surface area (Å²) in [6.07, 6.45) is 97.9. The molecule has 0 radical (unpaired) electrons. The molecule has 474 valence electrons. The van der Waals surface area contributed by atoms with Crippen LogP contribution < -0.4 is 0 Å². The quantitative estimate of drug-likeness (QED) is 0.0261. The van der Waals surface area contributed by atoms with E-state index in [1.54, 1.807) is 0 Å². The van der Waals surface area contributed by atoms with Crippen molar-refractivity contribution in [2.24, 2.45) is 0 Å². The first kappa shape index (κ1) is 78.8. The van der Waals surface area contributed by atoms with Crippen molar-refractivity contribution in [3.05, 3.63) is 122 Å². The summed E-state index contributed by atoms with van der Waals surface area (Å²) in [5, 5.41) is 0. The van der Waals surface area contributed by atoms with Crippen LogP contribution >= 0.6 is 0 Å². The molecule has 0 saturated heterocycles. The van der Waals surface area contributed by atoms with E-state index in [-0.39, 0.29) is 37.5 Å². The van der Waals surface area contributed by atoms with Crippen molar-refractivity contribution < 1.29 is 28.6 Å². The second-order valence-corrected chi connectivity index (χ2v) is 23.1. The lowest BCUT2D eigenvalue weighted by Gasteiger charge is -2.18. The van der Waals surface area contributed by atoms with Crippen molar-refractivity contribution in [3.63, 3.8) is 0 Å². The van der Waals surface area contributed by atoms with Crippen LogP contribution in [0.1, 0.15) is 329 Å². The number of ether oxygens (including phenoxy) is 3. The van der Waals surface area contributed by atoms with E-state index >= 15 is 0 Å². The zero-order chi connectivity index (χ0) is 59.9. The fraction of sp³-hybridized carbons (Fsp3) is 0.701. The number of allylic oxidation sites excluding steroid dienone is 20. The van der Waals surface area contributed by atoms with E-state index in [9.17, 15) is 14.4 Å². The number of carbonyl (C=O) groups excluding carboxylic acids is 3. The molecule has 0 saturated carbocycles. The lowest BCUT2D eigenvalue weighted by Crippen LogP contribution is -2.30. The Labute approximate surface area is 513 Å². The van der Waals surface area contributed by atoms with Gasteiger partial charge in [-0.25, -0.2) is 0 Å². The SMILES string of the molecule is CC/C=C\C/C=C\C/C=C\C/C=C\C/C=C\CCCC(=O)OCC(COC(=O)CCCCCCCCCCCC/C=C\C/C=C\C/C=C\CCCCCCC)OC(=O)CCCCCCCCCCCCC/C=C\C/C=C\CCCCCCC. The number of hydrogen-bond acceptors (Lipinski definition) is 6. The molecule has 0 aromatic heterocycles. The van der Waals surface area contributed by atoms with Crippen molar-refractivity contribution in [2.45, 2.75) is 335 Å². The van der Waals surface area contributed by atoms with Crippen LogP contribution in [0.5, 0.6) is 0 Å². The lowest BCUT2D eigenvalue weighted by molar-refractivity contribution is -0.167. The first-order chi connectivity index (χ1) is 41.0. The molecule has 0 fully saturated rings. The summed E-state index contributed by atoms with van der Waals surface area (Å²) in [6, 6.07) is 0. The van der Waals surface area contributed by atoms with Crippen molar-refractivity contribution in [2.75, 3.05) is 13.2 Å². The number of carbonyl (C=O) groups is 3. The van der Waals surface area contributed by atoms with Crippen LogP contribution in [0, 0.1) is 0 Å². The molecule has 0 spiro atoms. The largest absolute Gasteiger partial charge is 0.462 e. The Morgan fingerprint density at radius 1 is 0.253 bits per heavy atom. The maximum atomic E-state index is 13.0. The predicted molar refractivity (Wildman–Crippen MR) is 362 cm³/mol. The Morgan fingerprint density at radius 2 is 0.482 bits per heavy atom. The molecule has 0 heterocycles. The molecule has 0 aromatic carbocycles. The van der Waals surface area contributed by atoms with E-state index in [0.717, 1.165) is 96.3 Å². The van der Waals surface area contributed by atoms with Crippen molar-refractivity contribution in [3.8, 4) is 0 Å². The van der Waals surface area contributed by atoms with Gasteiger partial charge in [0.1, 0.15) is 13.2 Å². The van der Waals surface area contributed by atoms with Crippen LogP contribution in [-0.4, -0.2) is 37.2 Å². The van der Waals surface area contributed by atoms with Crippen LogP contribution in [0.3, 0.4) is 0 Å². The Balaban J connectivity index is 4.42. The molecule has 1 unspecified atom stereocenters. The fourth-order valence-corrected chi connectivity index (χ4v) is 9.69. The maximum Gasteiger partial charge on any atom is 0.306 e. The molecule has 0 N–H and O–H groups in total. The zero-order valence-electron chi connectivity index (χ0n) is 54.4. The second kappa shape index (κ2) is 70.3. The van der Waals surface area contributed by atoms with Gasteiger partial charge in [0.25, 0.3) is 0 Å². The third-order valence-electron chi connectivity index (χ3n) is 14.9. The summed E-state index contributed by atoms with van der Waals surface area (Å²) in [6.45, 7) is 6.48. The van der Waals surface area contributed by atoms with E-state index in [0.29, 0.717) is 19.3 Å². The zero-order valence-corrected chi connectivity index (χ0v) is 54.4. The van der Waals surface area contributed by atoms with E-state index in [1.807, 2.05) is 0 Å². The van der Waals surface area contributed by atoms with Gasteiger partial charge in [-0.15, -0.1) is 0 Å². The van der Waals surface area contributed by atoms with Crippen molar-refractivity contribution in [1.29, 1.82) is 0 Å². The molecule has 0 aromatic rings. The van der Waals surface area contributed by atoms with Gasteiger partial charge in [-0.05, 0) is 128 Å². The summed E-state index contributed by atoms with van der Waals surface area (Å²) in [7, 11) is 0. The van der Waals surface area contributed by atoms with Gasteiger partial charge in [0.05, 0.1) is 0 Å². The number of hydrogen-bond donors (Lipinski definition) is 0. The minimum Gasteiger partial charge on any atom is -0.462 e. The highest BCUT2D eigenvalue weighted by atomic mass is 16.6. The van der Waals surface area contributed by atoms with E-state index in [2.05, 4.69) is 142 Å². The van der Waals surface area contributed by atoms with Gasteiger partial charge in [-0.2, -0.15) is 0 Å². The van der Waals surface area contributed by atoms with Crippen LogP contribution in [0.25, 0.3) is 0 Å². The standard InChI is InChI=1S/C77H130O6/c1-4-7-10-13-16-19-22-25-28-31-33-35-37-38-40-41-43-46-49-52-55-58-61-64-67-70-76(79)82-73-74(72-81-75(78)69-66-63-60-57-54-51-48-45-30-27-24-21-18-15-12-9-6-3)83-77(80)71-68-65-62-59-56-53-50-47-44-42-39-36-34-32-29-26-23-20-17-14-11-8-5-2/h9,12,18,21-23,25-27,30-34,37-38,48,51,57,60,74H,4-8,10-11,13-17,19-20,24,28-29,35-36,39-47,49-50,52-56,58-59,61-73H2,1-3H3/b12-9-,21-18-,25-22-,26-23-,30-27-,33-31-,34-32-,38-37-,51-48-,60-57-. The second-order valence-electron chi connectivity index (χ2n) is 23.1. The van der Waals surface area contributed by atoms with Gasteiger partial charge in [0.15, 0.2) is 6.10 Å². The molecule has 0 aliphatic rings. The number of unbranched alkanes of at least 4 members (excludes halogenated alkanes) is 32. The Morgan fingerprint density at radius 3 is 0.783 bits per heavy atom. The van der Waals surface area contributed by atoms with E-state index < -0.39 is 6.10 Å². The highest BCUT2D eigenvalue weighted by molar-refractivity contribution is 5.71. The highest BCUT2D eigenvalue weighted by Gasteiger charge is 2.19. The van der Waals surface area contributed by atoms with E-state index in [4.69, 9.17) is 14.2 Å². The molecule has 6 heteroatoms. The molecular weight excluding hydrogens is 1020 g/mol. The summed E-state index contributed by atoms with van der Waals surface area (Å²) < 4.78 is 16.9. The number of esters is 3. The molecule has 0 aliphatic heterocycles. The predicted octanol–water partition coefficient (Wildman–Crippen LogP) is 24.3. The smallest absolute Gasteiger partial charge is 0.306 e. The normalized spacial score (nSPS) is 12.9. The average molecular weight is 1150 g/mol. The topological polar surface area (TPSA) is 78.9 Å². The van der Waals surface area contributed by atoms with Gasteiger partial charge >= 0.3 is 17.9 Å². The molecule has 0 bridgehead atoms. The van der Waals surface area contributed by atoms with Crippen LogP contribution in [0.15, 0.2) is 122 Å². The number of rotatable bonds is 63. The monoisotopic (exact) mass is 1150 g/mol. The van der Waals surface area contributed by atoms with Gasteiger partial charge in [0.2, 0.25) is 0 Å². The summed E-state index contributed by atoms with van der Waals surface area (Å²) in [5.41, 5.74) is 0. The molecule has 0 rings (SSSR count). The van der Waals surface area contributed by atoms with Gasteiger partial charge in [-0.3, -0.25) is 14.4 Å². The maximum absolute atomic E-state index is 13.0. The Kier molecular flexibility index (Phi) is 66.7. The van der Waals surface area contributed by atoms with Crippen LogP contribution in [0.2, 0.25) is 0 Å². The first-order valence-electron chi connectivity index (χ1n) is 35.0. The molecule has 83 heavy (non-hydrogen) atoms. The average Bonchev–Trinajstić information content (AvgIpc) is 3.49. The van der Waals surface area contributed by atoms with Crippen LogP contribution in [0.4, 0.5) is 0 Å². The van der Waals surface area contributed by atoms with E-state index in [1.165, 1.54) is 186 Å². The third kappa shape index (κ3) is 68.5. The summed E-state index contributed by atoms with van der Waals surface area (Å²) in [4.78, 5) is 38.5. The molecule has 6 nitrogen and oxygen atoms in total. The Bertz CT molecular complexity index is 1700. The third-order valence-corrected chi connectivity index (χ3v) is 14.9. The van der Waals surface area contributed by atoms with Gasteiger partial charge in [0, 0.05) is 19.3 Å². The summed E-state index contributed by atoms with van der Waals surface area (Å²) in [5.74, 6) is -0.957. The molecule has 0 aliphatic carbocycles. The van der Waals surface area contributed by atoms with Gasteiger partial charge < -0.3 is 14.2 Å². The molecule has 1 atom stereocenters. The highest BCUT2D eigenvalue weighted by Crippen LogP contribution is 2.16. The molecule has 0 amide bonds. The van der Waals surface area contributed by atoms with Crippen molar-refractivity contribution >= 4 is 17.9 Å². The first-order valence-corrected chi connectivity index (χ1v) is 35.0. The minimum atomic E-state index is -0.809. The summed E-state index contributed by atoms with van der Waals surface area (Å²) >= 11 is 0. The molecular formula is C77H130O6. The lowest BCUT2D eigenvalue weighted by atomic mass is 10.0. The van der Waals surface area contributed by atoms with Crippen LogP contribution in [-0.2, 0) is 28.6 Å².